The maximum atomic E-state index is 12.0. The molecule has 2 atom stereocenters. The predicted octanol–water partition coefficient (Wildman–Crippen LogP) is 1.36. The van der Waals surface area contributed by atoms with Crippen molar-refractivity contribution in [2.24, 2.45) is 5.92 Å². The van der Waals surface area contributed by atoms with Crippen LogP contribution in [0.5, 0.6) is 0 Å². The van der Waals surface area contributed by atoms with E-state index in [1.165, 1.54) is 19.2 Å². The summed E-state index contributed by atoms with van der Waals surface area (Å²) in [6, 6.07) is 7.76. The summed E-state index contributed by atoms with van der Waals surface area (Å²) in [5.41, 5.74) is -0.809. The quantitative estimate of drug-likeness (QED) is 0.603. The van der Waals surface area contributed by atoms with E-state index in [2.05, 4.69) is 0 Å². The molecule has 0 aliphatic carbocycles. The number of benzene rings is 1. The van der Waals surface area contributed by atoms with Crippen molar-refractivity contribution in [2.45, 2.75) is 30.4 Å². The lowest BCUT2D eigenvalue weighted by Gasteiger charge is -2.25. The van der Waals surface area contributed by atoms with Crippen LogP contribution in [0.3, 0.4) is 0 Å². The minimum Gasteiger partial charge on any atom is -0.457 e. The number of hydrogen-bond donors (Lipinski definition) is 0. The molecule has 1 fully saturated rings. The van der Waals surface area contributed by atoms with Crippen molar-refractivity contribution < 1.29 is 26.9 Å². The topological polar surface area (TPSA) is 78.9 Å². The number of carbonyl (C=O) groups excluding carboxylic acids is 1. The van der Waals surface area contributed by atoms with E-state index in [1.54, 1.807) is 32.0 Å². The van der Waals surface area contributed by atoms with Crippen LogP contribution in [0.1, 0.15) is 13.8 Å². The highest BCUT2D eigenvalue weighted by Crippen LogP contribution is 2.33. The van der Waals surface area contributed by atoms with Crippen molar-refractivity contribution in [2.75, 3.05) is 13.7 Å². The molecule has 0 spiro atoms. The smallest absolute Gasteiger partial charge is 0.314 e. The Kier molecular flexibility index (Phi) is 4.36. The molecule has 7 heteroatoms. The first kappa shape index (κ1) is 15.9. The molecule has 1 aliphatic rings. The number of ether oxygens (including phenoxy) is 2. The number of hydrogen-bond acceptors (Lipinski definition) is 6. The SMILES string of the molecule is COC1C(COS(=O)(=O)c2ccccc2)C(=O)OC1(C)C. The second-order valence-electron chi connectivity index (χ2n) is 5.34. The highest BCUT2D eigenvalue weighted by Gasteiger charge is 2.51. The summed E-state index contributed by atoms with van der Waals surface area (Å²) in [4.78, 5) is 11.9. The third kappa shape index (κ3) is 3.25. The number of rotatable bonds is 5. The van der Waals surface area contributed by atoms with Crippen molar-refractivity contribution in [1.82, 2.24) is 0 Å². The average molecular weight is 314 g/mol. The lowest BCUT2D eigenvalue weighted by Crippen LogP contribution is -2.38. The van der Waals surface area contributed by atoms with Crippen LogP contribution in [-0.2, 0) is 28.6 Å². The van der Waals surface area contributed by atoms with Crippen molar-refractivity contribution in [3.8, 4) is 0 Å². The normalized spacial score (nSPS) is 24.8. The summed E-state index contributed by atoms with van der Waals surface area (Å²) in [5.74, 6) is -1.29. The Morgan fingerprint density at radius 1 is 1.24 bits per heavy atom. The van der Waals surface area contributed by atoms with Gasteiger partial charge in [-0.25, -0.2) is 0 Å². The summed E-state index contributed by atoms with van der Waals surface area (Å²) < 4.78 is 39.5. The van der Waals surface area contributed by atoms with Gasteiger partial charge in [0, 0.05) is 7.11 Å². The fourth-order valence-corrected chi connectivity index (χ4v) is 3.38. The van der Waals surface area contributed by atoms with Gasteiger partial charge in [0.25, 0.3) is 10.1 Å². The van der Waals surface area contributed by atoms with Crippen molar-refractivity contribution in [1.29, 1.82) is 0 Å². The zero-order chi connectivity index (χ0) is 15.7. The lowest BCUT2D eigenvalue weighted by molar-refractivity contribution is -0.149. The molecule has 0 saturated carbocycles. The molecule has 0 bridgehead atoms. The molecular formula is C14H18O6S. The maximum absolute atomic E-state index is 12.0. The zero-order valence-corrected chi connectivity index (χ0v) is 12.9. The van der Waals surface area contributed by atoms with E-state index in [-0.39, 0.29) is 11.5 Å². The second-order valence-corrected chi connectivity index (χ2v) is 6.95. The summed E-state index contributed by atoms with van der Waals surface area (Å²) in [7, 11) is -2.45. The van der Waals surface area contributed by atoms with Gasteiger partial charge in [0.1, 0.15) is 17.6 Å². The van der Waals surface area contributed by atoms with Gasteiger partial charge in [0.15, 0.2) is 0 Å². The molecule has 21 heavy (non-hydrogen) atoms. The molecule has 0 amide bonds. The standard InChI is InChI=1S/C14H18O6S/c1-14(2)12(18-3)11(13(15)20-14)9-19-21(16,17)10-7-5-4-6-8-10/h4-8,11-12H,9H2,1-3H3. The summed E-state index contributed by atoms with van der Waals surface area (Å²) in [5, 5.41) is 0. The van der Waals surface area contributed by atoms with Crippen LogP contribution in [0.15, 0.2) is 35.2 Å². The largest absolute Gasteiger partial charge is 0.457 e. The van der Waals surface area contributed by atoms with E-state index in [0.29, 0.717) is 0 Å². The average Bonchev–Trinajstić information content (AvgIpc) is 2.65. The van der Waals surface area contributed by atoms with Gasteiger partial charge in [0.05, 0.1) is 11.5 Å². The Balaban J connectivity index is 2.11. The predicted molar refractivity (Wildman–Crippen MR) is 74.0 cm³/mol. The first-order valence-corrected chi connectivity index (χ1v) is 7.89. The zero-order valence-electron chi connectivity index (χ0n) is 12.1. The molecule has 0 radical (unpaired) electrons. The molecule has 1 heterocycles. The Morgan fingerprint density at radius 3 is 2.43 bits per heavy atom. The lowest BCUT2D eigenvalue weighted by atomic mass is 9.94. The molecule has 2 rings (SSSR count). The fourth-order valence-electron chi connectivity index (χ4n) is 2.42. The highest BCUT2D eigenvalue weighted by molar-refractivity contribution is 7.86. The number of esters is 1. The van der Waals surface area contributed by atoms with E-state index in [9.17, 15) is 13.2 Å². The molecule has 1 aromatic carbocycles. The monoisotopic (exact) mass is 314 g/mol. The fraction of sp³-hybridized carbons (Fsp3) is 0.500. The molecule has 0 N–H and O–H groups in total. The highest BCUT2D eigenvalue weighted by atomic mass is 32.2. The van der Waals surface area contributed by atoms with Gasteiger partial charge < -0.3 is 9.47 Å². The van der Waals surface area contributed by atoms with Gasteiger partial charge in [-0.1, -0.05) is 18.2 Å². The maximum Gasteiger partial charge on any atom is 0.314 e. The Bertz CT molecular complexity index is 608. The van der Waals surface area contributed by atoms with Crippen molar-refractivity contribution >= 4 is 16.1 Å². The van der Waals surface area contributed by atoms with Gasteiger partial charge in [-0.3, -0.25) is 8.98 Å². The van der Waals surface area contributed by atoms with Crippen LogP contribution in [0.4, 0.5) is 0 Å². The Hall–Kier alpha value is -1.44. The first-order chi connectivity index (χ1) is 9.78. The molecular weight excluding hydrogens is 296 g/mol. The van der Waals surface area contributed by atoms with Crippen LogP contribution in [0, 0.1) is 5.92 Å². The molecule has 6 nitrogen and oxygen atoms in total. The van der Waals surface area contributed by atoms with Crippen LogP contribution in [0.25, 0.3) is 0 Å². The Morgan fingerprint density at radius 2 is 1.86 bits per heavy atom. The van der Waals surface area contributed by atoms with Gasteiger partial charge in [-0.05, 0) is 26.0 Å². The number of carbonyl (C=O) groups is 1. The Labute approximate surface area is 124 Å². The minimum absolute atomic E-state index is 0.0459. The van der Waals surface area contributed by atoms with E-state index < -0.39 is 33.7 Å². The summed E-state index contributed by atoms with van der Waals surface area (Å²) in [6.07, 6.45) is -0.559. The molecule has 1 aliphatic heterocycles. The van der Waals surface area contributed by atoms with Gasteiger partial charge in [0.2, 0.25) is 0 Å². The van der Waals surface area contributed by atoms with Gasteiger partial charge >= 0.3 is 5.97 Å². The van der Waals surface area contributed by atoms with E-state index in [0.717, 1.165) is 0 Å². The van der Waals surface area contributed by atoms with E-state index >= 15 is 0 Å². The van der Waals surface area contributed by atoms with E-state index in [4.69, 9.17) is 13.7 Å². The second kappa shape index (κ2) is 5.75. The molecule has 116 valence electrons. The van der Waals surface area contributed by atoms with Gasteiger partial charge in [-0.15, -0.1) is 0 Å². The minimum atomic E-state index is -3.90. The molecule has 1 aromatic rings. The third-order valence-corrected chi connectivity index (χ3v) is 4.70. The van der Waals surface area contributed by atoms with Crippen LogP contribution in [-0.4, -0.2) is 39.8 Å². The van der Waals surface area contributed by atoms with Crippen LogP contribution < -0.4 is 0 Å². The summed E-state index contributed by atoms with van der Waals surface area (Å²) >= 11 is 0. The van der Waals surface area contributed by atoms with Crippen LogP contribution >= 0.6 is 0 Å². The first-order valence-electron chi connectivity index (χ1n) is 6.48. The summed E-state index contributed by atoms with van der Waals surface area (Å²) in [6.45, 7) is 3.12. The molecule has 0 aromatic heterocycles. The van der Waals surface area contributed by atoms with Gasteiger partial charge in [-0.2, -0.15) is 8.42 Å². The van der Waals surface area contributed by atoms with E-state index in [1.807, 2.05) is 0 Å². The van der Waals surface area contributed by atoms with Crippen LogP contribution in [0.2, 0.25) is 0 Å². The number of cyclic esters (lactones) is 1. The van der Waals surface area contributed by atoms with Crippen molar-refractivity contribution in [3.05, 3.63) is 30.3 Å². The number of methoxy groups -OCH3 is 1. The molecule has 1 saturated heterocycles. The molecule has 2 unspecified atom stereocenters. The van der Waals surface area contributed by atoms with Crippen molar-refractivity contribution in [3.63, 3.8) is 0 Å². The third-order valence-electron chi connectivity index (χ3n) is 3.41.